The minimum atomic E-state index is -1.34. The molecular formula is C49H91NO7. The number of carboxylic acid groups (broad SMARTS) is 2. The highest BCUT2D eigenvalue weighted by Gasteiger charge is 2.46. The summed E-state index contributed by atoms with van der Waals surface area (Å²) in [5.74, 6) is -2.24. The van der Waals surface area contributed by atoms with Crippen LogP contribution in [-0.2, 0) is 19.1 Å². The average molecular weight is 806 g/mol. The molecule has 0 aliphatic rings. The van der Waals surface area contributed by atoms with E-state index < -0.39 is 23.5 Å². The lowest BCUT2D eigenvalue weighted by molar-refractivity contribution is -0.161. The van der Waals surface area contributed by atoms with Gasteiger partial charge in [-0.1, -0.05) is 161 Å². The van der Waals surface area contributed by atoms with Gasteiger partial charge < -0.3 is 24.6 Å². The van der Waals surface area contributed by atoms with Crippen molar-refractivity contribution in [3.8, 4) is 0 Å². The van der Waals surface area contributed by atoms with Gasteiger partial charge in [-0.2, -0.15) is 0 Å². The zero-order valence-electron chi connectivity index (χ0n) is 37.9. The second-order valence-electron chi connectivity index (χ2n) is 17.1. The van der Waals surface area contributed by atoms with Crippen LogP contribution in [0, 0.1) is 11.3 Å². The summed E-state index contributed by atoms with van der Waals surface area (Å²) in [6.07, 6.45) is 39.1. The van der Waals surface area contributed by atoms with Gasteiger partial charge >= 0.3 is 18.1 Å². The first kappa shape index (κ1) is 54.6. The van der Waals surface area contributed by atoms with Crippen LogP contribution < -0.4 is 0 Å². The van der Waals surface area contributed by atoms with Gasteiger partial charge in [-0.05, 0) is 103 Å². The zero-order chi connectivity index (χ0) is 42.2. The third-order valence-corrected chi connectivity index (χ3v) is 11.6. The fourth-order valence-electron chi connectivity index (χ4n) is 8.08. The zero-order valence-corrected chi connectivity index (χ0v) is 37.9. The molecule has 0 spiro atoms. The summed E-state index contributed by atoms with van der Waals surface area (Å²) in [5, 5.41) is 20.9. The molecule has 0 saturated carbocycles. The molecule has 0 heterocycles. The fourth-order valence-corrected chi connectivity index (χ4v) is 8.08. The van der Waals surface area contributed by atoms with Crippen molar-refractivity contribution in [3.05, 3.63) is 24.3 Å². The van der Waals surface area contributed by atoms with Crippen molar-refractivity contribution in [2.75, 3.05) is 27.2 Å². The number of nitrogens with zero attached hydrogens (tertiary/aromatic N) is 1. The molecule has 0 saturated heterocycles. The van der Waals surface area contributed by atoms with Gasteiger partial charge in [0.25, 0.3) is 0 Å². The Balaban J connectivity index is 5.42. The Morgan fingerprint density at radius 2 is 1.04 bits per heavy atom. The molecule has 0 bridgehead atoms. The minimum absolute atomic E-state index is 0.197. The molecule has 0 aromatic heterocycles. The predicted molar refractivity (Wildman–Crippen MR) is 239 cm³/mol. The molecule has 0 radical (unpaired) electrons. The molecule has 2 atom stereocenters. The number of carbonyl (C=O) groups is 3. The normalized spacial score (nSPS) is 13.5. The second-order valence-corrected chi connectivity index (χ2v) is 17.1. The summed E-state index contributed by atoms with van der Waals surface area (Å²) in [6, 6.07) is 0. The first-order valence-corrected chi connectivity index (χ1v) is 23.9. The number of unbranched alkanes of at least 4 members (excludes halogenated alkanes) is 19. The Morgan fingerprint density at radius 3 is 1.54 bits per heavy atom. The number of rotatable bonds is 42. The number of ether oxygens (including phenoxy) is 2. The van der Waals surface area contributed by atoms with Crippen LogP contribution in [0.1, 0.15) is 226 Å². The first-order chi connectivity index (χ1) is 27.6. The molecular weight excluding hydrogens is 715 g/mol. The number of carbonyl (C=O) groups excluding carboxylic acids is 1. The lowest BCUT2D eigenvalue weighted by Crippen LogP contribution is -2.41. The van der Waals surface area contributed by atoms with E-state index in [1.165, 1.54) is 83.5 Å². The predicted octanol–water partition coefficient (Wildman–Crippen LogP) is 14.5. The lowest BCUT2D eigenvalue weighted by Gasteiger charge is -2.37. The Morgan fingerprint density at radius 1 is 0.579 bits per heavy atom. The van der Waals surface area contributed by atoms with Crippen LogP contribution in [0.15, 0.2) is 24.3 Å². The molecule has 334 valence electrons. The highest BCUT2D eigenvalue weighted by atomic mass is 16.7. The Labute approximate surface area is 351 Å². The van der Waals surface area contributed by atoms with Gasteiger partial charge in [0.15, 0.2) is 0 Å². The highest BCUT2D eigenvalue weighted by Crippen LogP contribution is 2.44. The van der Waals surface area contributed by atoms with E-state index >= 15 is 0 Å². The number of hydrogen-bond acceptors (Lipinski definition) is 6. The summed E-state index contributed by atoms with van der Waals surface area (Å²) in [6.45, 7) is 7.73. The third-order valence-electron chi connectivity index (χ3n) is 11.6. The molecule has 0 rings (SSSR count). The highest BCUT2D eigenvalue weighted by molar-refractivity contribution is 5.81. The van der Waals surface area contributed by atoms with Crippen LogP contribution in [0.25, 0.3) is 0 Å². The molecule has 0 aromatic rings. The number of carboxylic acids is 2. The molecule has 8 heteroatoms. The molecule has 8 nitrogen and oxygen atoms in total. The van der Waals surface area contributed by atoms with Gasteiger partial charge in [0.1, 0.15) is 6.10 Å². The standard InChI is InChI=1S/C49H91NO7/c1-6-9-12-15-18-19-20-21-22-23-24-25-26-27-30-33-38-45(57-48(55)56-42-35-41-50(4)5)39-34-40-49(47(53)54,43-46(51)52)44(36-31-28-16-13-10-7-2)37-32-29-17-14-11-8-3/h18-19,21-22,44-45H,6-17,20,23-43H2,1-5H3,(H,51,52)(H,53,54)/b19-18-,22-21-. The van der Waals surface area contributed by atoms with Gasteiger partial charge in [-0.15, -0.1) is 0 Å². The van der Waals surface area contributed by atoms with Gasteiger partial charge in [-0.25, -0.2) is 4.79 Å². The van der Waals surface area contributed by atoms with Crippen molar-refractivity contribution in [1.82, 2.24) is 4.90 Å². The smallest absolute Gasteiger partial charge is 0.481 e. The van der Waals surface area contributed by atoms with E-state index in [1.54, 1.807) is 0 Å². The van der Waals surface area contributed by atoms with Crippen LogP contribution in [0.2, 0.25) is 0 Å². The number of allylic oxidation sites excluding steroid dienone is 4. The van der Waals surface area contributed by atoms with Gasteiger partial charge in [-0.3, -0.25) is 9.59 Å². The largest absolute Gasteiger partial charge is 0.508 e. The Bertz CT molecular complexity index is 996. The monoisotopic (exact) mass is 806 g/mol. The van der Waals surface area contributed by atoms with E-state index in [9.17, 15) is 24.6 Å². The van der Waals surface area contributed by atoms with Crippen molar-refractivity contribution >= 4 is 18.1 Å². The summed E-state index contributed by atoms with van der Waals surface area (Å²) >= 11 is 0. The second kappa shape index (κ2) is 39.1. The van der Waals surface area contributed by atoms with E-state index in [1.807, 2.05) is 19.0 Å². The average Bonchev–Trinajstić information content (AvgIpc) is 3.17. The molecule has 0 aromatic carbocycles. The van der Waals surface area contributed by atoms with E-state index in [0.29, 0.717) is 25.7 Å². The summed E-state index contributed by atoms with van der Waals surface area (Å²) in [7, 11) is 3.96. The molecule has 57 heavy (non-hydrogen) atoms. The Hall–Kier alpha value is -2.35. The molecule has 0 aliphatic carbocycles. The molecule has 0 amide bonds. The van der Waals surface area contributed by atoms with Crippen molar-refractivity contribution in [2.45, 2.75) is 232 Å². The number of hydrogen-bond donors (Lipinski definition) is 2. The van der Waals surface area contributed by atoms with E-state index in [2.05, 4.69) is 45.1 Å². The first-order valence-electron chi connectivity index (χ1n) is 23.9. The molecule has 2 N–H and O–H groups in total. The molecule has 0 fully saturated rings. The Kier molecular flexibility index (Phi) is 37.5. The van der Waals surface area contributed by atoms with Gasteiger partial charge in [0.2, 0.25) is 0 Å². The van der Waals surface area contributed by atoms with Crippen LogP contribution >= 0.6 is 0 Å². The summed E-state index contributed by atoms with van der Waals surface area (Å²) in [4.78, 5) is 40.4. The molecule has 2 unspecified atom stereocenters. The van der Waals surface area contributed by atoms with Gasteiger partial charge in [0.05, 0.1) is 18.4 Å². The maximum atomic E-state index is 13.3. The summed E-state index contributed by atoms with van der Waals surface area (Å²) in [5.41, 5.74) is -1.34. The number of aliphatic carboxylic acids is 2. The van der Waals surface area contributed by atoms with E-state index in [0.717, 1.165) is 90.0 Å². The maximum Gasteiger partial charge on any atom is 0.508 e. The van der Waals surface area contributed by atoms with Crippen LogP contribution in [0.3, 0.4) is 0 Å². The lowest BCUT2D eigenvalue weighted by atomic mass is 9.65. The molecule has 0 aliphatic heterocycles. The quantitative estimate of drug-likeness (QED) is 0.0356. The SMILES string of the molecule is CCCCC/C=C\C/C=C\CCCCCCCCC(CCCC(CC(=O)O)(C(=O)O)C(CCCCCCCC)CCCCCCCC)OC(=O)OCCCN(C)C. The summed E-state index contributed by atoms with van der Waals surface area (Å²) < 4.78 is 11.3. The van der Waals surface area contributed by atoms with Crippen molar-refractivity contribution in [3.63, 3.8) is 0 Å². The topological polar surface area (TPSA) is 113 Å². The maximum absolute atomic E-state index is 13.3. The van der Waals surface area contributed by atoms with Crippen molar-refractivity contribution < 1.29 is 34.1 Å². The third kappa shape index (κ3) is 32.2. The van der Waals surface area contributed by atoms with Crippen LogP contribution in [0.4, 0.5) is 4.79 Å². The van der Waals surface area contributed by atoms with E-state index in [-0.39, 0.29) is 31.5 Å². The van der Waals surface area contributed by atoms with Crippen LogP contribution in [0.5, 0.6) is 0 Å². The van der Waals surface area contributed by atoms with Crippen molar-refractivity contribution in [2.24, 2.45) is 11.3 Å². The fraction of sp³-hybridized carbons (Fsp3) is 0.857. The minimum Gasteiger partial charge on any atom is -0.481 e. The van der Waals surface area contributed by atoms with Gasteiger partial charge in [0, 0.05) is 6.54 Å². The van der Waals surface area contributed by atoms with Crippen LogP contribution in [-0.4, -0.2) is 66.6 Å². The van der Waals surface area contributed by atoms with E-state index in [4.69, 9.17) is 9.47 Å². The van der Waals surface area contributed by atoms with Crippen molar-refractivity contribution in [1.29, 1.82) is 0 Å².